The van der Waals surface area contributed by atoms with Crippen molar-refractivity contribution in [2.75, 3.05) is 0 Å². The summed E-state index contributed by atoms with van der Waals surface area (Å²) in [6.07, 6.45) is 4.89. The Balaban J connectivity index is 2.13. The molecular weight excluding hydrogens is 178 g/mol. The predicted molar refractivity (Wildman–Crippen MR) is 49.0 cm³/mol. The van der Waals surface area contributed by atoms with Crippen molar-refractivity contribution >= 4 is 0 Å². The van der Waals surface area contributed by atoms with Crippen molar-refractivity contribution in [2.24, 2.45) is 12.5 Å². The third kappa shape index (κ3) is 1.60. The van der Waals surface area contributed by atoms with Gasteiger partial charge in [0.2, 0.25) is 0 Å². The van der Waals surface area contributed by atoms with Crippen LogP contribution in [0.15, 0.2) is 0 Å². The highest BCUT2D eigenvalue weighted by atomic mass is 15.6. The molecule has 0 bridgehead atoms. The number of rotatable bonds is 2. The van der Waals surface area contributed by atoms with Gasteiger partial charge >= 0.3 is 0 Å². The van der Waals surface area contributed by atoms with Crippen LogP contribution in [0.25, 0.3) is 0 Å². The highest BCUT2D eigenvalue weighted by Crippen LogP contribution is 2.39. The van der Waals surface area contributed by atoms with E-state index in [0.717, 1.165) is 25.7 Å². The molecule has 0 N–H and O–H groups in total. The van der Waals surface area contributed by atoms with Crippen molar-refractivity contribution in [3.63, 3.8) is 0 Å². The summed E-state index contributed by atoms with van der Waals surface area (Å²) < 4.78 is 0. The van der Waals surface area contributed by atoms with Crippen molar-refractivity contribution in [1.82, 2.24) is 20.2 Å². The van der Waals surface area contributed by atoms with Gasteiger partial charge in [0.05, 0.1) is 18.5 Å². The molecule has 0 spiro atoms. The second kappa shape index (κ2) is 3.37. The molecule has 2 rings (SSSR count). The van der Waals surface area contributed by atoms with E-state index < -0.39 is 0 Å². The van der Waals surface area contributed by atoms with Crippen LogP contribution in [0, 0.1) is 16.7 Å². The van der Waals surface area contributed by atoms with Gasteiger partial charge in [-0.1, -0.05) is 12.8 Å². The van der Waals surface area contributed by atoms with Gasteiger partial charge in [-0.3, -0.25) is 0 Å². The zero-order chi connectivity index (χ0) is 10.0. The summed E-state index contributed by atoms with van der Waals surface area (Å²) in [5.41, 5.74) is -0.219. The maximum absolute atomic E-state index is 9.15. The van der Waals surface area contributed by atoms with Crippen molar-refractivity contribution in [2.45, 2.75) is 32.1 Å². The van der Waals surface area contributed by atoms with Crippen LogP contribution < -0.4 is 0 Å². The normalized spacial score (nSPS) is 19.4. The molecule has 5 heteroatoms. The summed E-state index contributed by atoms with van der Waals surface area (Å²) in [5, 5.41) is 21.0. The summed E-state index contributed by atoms with van der Waals surface area (Å²) in [7, 11) is 1.74. The van der Waals surface area contributed by atoms with Crippen LogP contribution in [0.5, 0.6) is 0 Å². The maximum Gasteiger partial charge on any atom is 0.176 e. The van der Waals surface area contributed by atoms with Crippen molar-refractivity contribution in [3.05, 3.63) is 5.82 Å². The predicted octanol–water partition coefficient (Wildman–Crippen LogP) is 0.837. The number of hydrogen-bond donors (Lipinski definition) is 0. The van der Waals surface area contributed by atoms with Gasteiger partial charge < -0.3 is 0 Å². The molecule has 1 fully saturated rings. The summed E-state index contributed by atoms with van der Waals surface area (Å²) in [5.74, 6) is 0.691. The van der Waals surface area contributed by atoms with Crippen LogP contribution in [0.1, 0.15) is 31.5 Å². The third-order valence-corrected chi connectivity index (χ3v) is 2.84. The number of nitrogens with zero attached hydrogens (tertiary/aromatic N) is 5. The highest BCUT2D eigenvalue weighted by Gasteiger charge is 2.35. The molecule has 0 atom stereocenters. The van der Waals surface area contributed by atoms with Gasteiger partial charge in [0.15, 0.2) is 5.82 Å². The number of nitriles is 1. The number of aryl methyl sites for hydroxylation is 1. The molecule has 1 aliphatic carbocycles. The molecule has 0 saturated heterocycles. The number of aromatic nitrogens is 4. The lowest BCUT2D eigenvalue weighted by atomic mass is 9.84. The Kier molecular flexibility index (Phi) is 2.20. The second-order valence-electron chi connectivity index (χ2n) is 3.97. The fourth-order valence-corrected chi connectivity index (χ4v) is 2.08. The van der Waals surface area contributed by atoms with Crippen LogP contribution in [0.4, 0.5) is 0 Å². The van der Waals surface area contributed by atoms with Crippen LogP contribution in [0.2, 0.25) is 0 Å². The van der Waals surface area contributed by atoms with Gasteiger partial charge in [-0.25, -0.2) is 0 Å². The van der Waals surface area contributed by atoms with Crippen molar-refractivity contribution in [1.29, 1.82) is 5.26 Å². The van der Waals surface area contributed by atoms with Gasteiger partial charge in [-0.15, -0.1) is 10.2 Å². The van der Waals surface area contributed by atoms with Gasteiger partial charge in [0.25, 0.3) is 0 Å². The first-order valence-electron chi connectivity index (χ1n) is 4.88. The highest BCUT2D eigenvalue weighted by molar-refractivity contribution is 5.06. The molecular formula is C9H13N5. The Hall–Kier alpha value is -1.44. The molecule has 0 aliphatic heterocycles. The van der Waals surface area contributed by atoms with Gasteiger partial charge in [-0.2, -0.15) is 10.1 Å². The SMILES string of the molecule is Cn1nnc(CC2(C#N)CCCC2)n1. The lowest BCUT2D eigenvalue weighted by Gasteiger charge is -2.16. The number of tetrazole rings is 1. The Morgan fingerprint density at radius 3 is 2.71 bits per heavy atom. The van der Waals surface area contributed by atoms with Crippen LogP contribution in [0.3, 0.4) is 0 Å². The Bertz CT molecular complexity index is 356. The molecule has 1 aromatic rings. The second-order valence-corrected chi connectivity index (χ2v) is 3.97. The zero-order valence-corrected chi connectivity index (χ0v) is 8.27. The number of hydrogen-bond acceptors (Lipinski definition) is 4. The monoisotopic (exact) mass is 191 g/mol. The molecule has 1 heterocycles. The van der Waals surface area contributed by atoms with Crippen LogP contribution in [-0.4, -0.2) is 20.2 Å². The first-order valence-corrected chi connectivity index (χ1v) is 4.88. The maximum atomic E-state index is 9.15. The average Bonchev–Trinajstić information content (AvgIpc) is 2.77. The van der Waals surface area contributed by atoms with Crippen LogP contribution >= 0.6 is 0 Å². The van der Waals surface area contributed by atoms with Gasteiger partial charge in [-0.05, 0) is 18.1 Å². The molecule has 14 heavy (non-hydrogen) atoms. The van der Waals surface area contributed by atoms with Gasteiger partial charge in [0, 0.05) is 6.42 Å². The minimum absolute atomic E-state index is 0.219. The molecule has 5 nitrogen and oxygen atoms in total. The van der Waals surface area contributed by atoms with E-state index in [4.69, 9.17) is 5.26 Å². The molecule has 0 aromatic carbocycles. The standard InChI is InChI=1S/C9H13N5/c1-14-12-8(11-13-14)6-9(7-10)4-2-3-5-9/h2-6H2,1H3. The molecule has 0 unspecified atom stereocenters. The average molecular weight is 191 g/mol. The van der Waals surface area contributed by atoms with E-state index >= 15 is 0 Å². The fraction of sp³-hybridized carbons (Fsp3) is 0.778. The van der Waals surface area contributed by atoms with Crippen molar-refractivity contribution in [3.8, 4) is 6.07 Å². The van der Waals surface area contributed by atoms with E-state index in [1.54, 1.807) is 7.05 Å². The molecule has 0 amide bonds. The van der Waals surface area contributed by atoms with E-state index in [0.29, 0.717) is 12.2 Å². The zero-order valence-electron chi connectivity index (χ0n) is 8.27. The molecule has 74 valence electrons. The first kappa shape index (κ1) is 9.13. The lowest BCUT2D eigenvalue weighted by Crippen LogP contribution is -2.18. The molecule has 1 aromatic heterocycles. The van der Waals surface area contributed by atoms with E-state index in [-0.39, 0.29) is 5.41 Å². The minimum atomic E-state index is -0.219. The lowest BCUT2D eigenvalue weighted by molar-refractivity contribution is 0.397. The van der Waals surface area contributed by atoms with E-state index in [1.165, 1.54) is 4.80 Å². The summed E-state index contributed by atoms with van der Waals surface area (Å²) >= 11 is 0. The van der Waals surface area contributed by atoms with E-state index in [1.807, 2.05) is 0 Å². The van der Waals surface area contributed by atoms with E-state index in [9.17, 15) is 0 Å². The smallest absolute Gasteiger partial charge is 0.176 e. The van der Waals surface area contributed by atoms with Gasteiger partial charge in [0.1, 0.15) is 0 Å². The minimum Gasteiger partial charge on any atom is -0.198 e. The largest absolute Gasteiger partial charge is 0.198 e. The summed E-state index contributed by atoms with van der Waals surface area (Å²) in [4.78, 5) is 1.44. The topological polar surface area (TPSA) is 67.4 Å². The molecule has 1 saturated carbocycles. The quantitative estimate of drug-likeness (QED) is 0.694. The fourth-order valence-electron chi connectivity index (χ4n) is 2.08. The molecule has 1 aliphatic rings. The Morgan fingerprint density at radius 1 is 1.50 bits per heavy atom. The Morgan fingerprint density at radius 2 is 2.21 bits per heavy atom. The van der Waals surface area contributed by atoms with Crippen molar-refractivity contribution < 1.29 is 0 Å². The molecule has 0 radical (unpaired) electrons. The Labute approximate surface area is 82.7 Å². The first-order chi connectivity index (χ1) is 6.74. The summed E-state index contributed by atoms with van der Waals surface area (Å²) in [6, 6.07) is 2.42. The third-order valence-electron chi connectivity index (χ3n) is 2.84. The van der Waals surface area contributed by atoms with Crippen LogP contribution in [-0.2, 0) is 13.5 Å². The summed E-state index contributed by atoms with van der Waals surface area (Å²) in [6.45, 7) is 0. The van der Waals surface area contributed by atoms with E-state index in [2.05, 4.69) is 21.5 Å².